The van der Waals surface area contributed by atoms with Gasteiger partial charge in [-0.15, -0.1) is 0 Å². The largest absolute Gasteiger partial charge is 0.335 e. The zero-order valence-electron chi connectivity index (χ0n) is 12.8. The molecule has 0 aromatic heterocycles. The molecule has 0 N–H and O–H groups in total. The molecule has 2 amide bonds. The second-order valence-electron chi connectivity index (χ2n) is 5.02. The maximum absolute atomic E-state index is 12.8. The molecule has 2 aromatic carbocycles. The van der Waals surface area contributed by atoms with Crippen molar-refractivity contribution in [1.29, 1.82) is 0 Å². The Labute approximate surface area is 142 Å². The molecule has 1 aliphatic rings. The zero-order chi connectivity index (χ0) is 16.6. The van der Waals surface area contributed by atoms with E-state index in [-0.39, 0.29) is 0 Å². The number of hydrogen-bond donors (Lipinski definition) is 0. The van der Waals surface area contributed by atoms with Crippen LogP contribution in [0, 0.1) is 0 Å². The van der Waals surface area contributed by atoms with Crippen molar-refractivity contribution in [2.45, 2.75) is 20.3 Å². The topological polar surface area (TPSA) is 55.8 Å². The zero-order valence-corrected chi connectivity index (χ0v) is 14.4. The SMILES string of the molecule is CCOC(OCC)N1C(=O)c2cccc3c(Br)ccc(c23)C1=O. The Morgan fingerprint density at radius 3 is 2.22 bits per heavy atom. The maximum Gasteiger partial charge on any atom is 0.265 e. The molecule has 0 spiro atoms. The molecular weight excluding hydrogens is 362 g/mol. The van der Waals surface area contributed by atoms with E-state index in [2.05, 4.69) is 15.9 Å². The van der Waals surface area contributed by atoms with Crippen molar-refractivity contribution in [3.63, 3.8) is 0 Å². The number of imide groups is 1. The van der Waals surface area contributed by atoms with E-state index in [0.717, 1.165) is 14.8 Å². The summed E-state index contributed by atoms with van der Waals surface area (Å²) in [5.41, 5.74) is 0.950. The summed E-state index contributed by atoms with van der Waals surface area (Å²) < 4.78 is 11.7. The van der Waals surface area contributed by atoms with Gasteiger partial charge in [0.05, 0.1) is 0 Å². The van der Waals surface area contributed by atoms with Crippen LogP contribution in [0.25, 0.3) is 10.8 Å². The molecule has 0 bridgehead atoms. The van der Waals surface area contributed by atoms with E-state index in [9.17, 15) is 9.59 Å². The predicted octanol–water partition coefficient (Wildman–Crippen LogP) is 3.55. The lowest BCUT2D eigenvalue weighted by molar-refractivity contribution is -0.191. The van der Waals surface area contributed by atoms with Crippen molar-refractivity contribution in [3.8, 4) is 0 Å². The number of carbonyl (C=O) groups is 2. The Morgan fingerprint density at radius 1 is 1.00 bits per heavy atom. The van der Waals surface area contributed by atoms with Crippen molar-refractivity contribution in [3.05, 3.63) is 45.9 Å². The van der Waals surface area contributed by atoms with Gasteiger partial charge in [0.2, 0.25) is 6.41 Å². The minimum atomic E-state index is -1.02. The molecule has 1 heterocycles. The molecule has 0 radical (unpaired) electrons. The van der Waals surface area contributed by atoms with Crippen molar-refractivity contribution in [2.24, 2.45) is 0 Å². The van der Waals surface area contributed by atoms with Gasteiger partial charge in [0, 0.05) is 34.2 Å². The lowest BCUT2D eigenvalue weighted by Gasteiger charge is -2.32. The first-order valence-electron chi connectivity index (χ1n) is 7.42. The second kappa shape index (κ2) is 6.39. The van der Waals surface area contributed by atoms with Crippen LogP contribution in [0.4, 0.5) is 0 Å². The average Bonchev–Trinajstić information content (AvgIpc) is 2.54. The van der Waals surface area contributed by atoms with Gasteiger partial charge in [0.1, 0.15) is 0 Å². The standard InChI is InChI=1S/C17H16BrNO4/c1-3-22-17(23-4-2)19-15(20)11-7-5-6-10-13(18)9-8-12(14(10)11)16(19)21/h5-9,17H,3-4H2,1-2H3. The third-order valence-electron chi connectivity index (χ3n) is 3.72. The lowest BCUT2D eigenvalue weighted by atomic mass is 9.94. The highest BCUT2D eigenvalue weighted by Crippen LogP contribution is 2.35. The van der Waals surface area contributed by atoms with Crippen LogP contribution in [0.15, 0.2) is 34.8 Å². The summed E-state index contributed by atoms with van der Waals surface area (Å²) in [4.78, 5) is 26.7. The van der Waals surface area contributed by atoms with Crippen LogP contribution in [0.2, 0.25) is 0 Å². The fraction of sp³-hybridized carbons (Fsp3) is 0.294. The molecule has 5 nitrogen and oxygen atoms in total. The summed E-state index contributed by atoms with van der Waals surface area (Å²) in [6.07, 6.45) is -1.02. The van der Waals surface area contributed by atoms with Gasteiger partial charge in [-0.25, -0.2) is 4.90 Å². The average molecular weight is 378 g/mol. The van der Waals surface area contributed by atoms with Gasteiger partial charge in [-0.2, -0.15) is 0 Å². The third-order valence-corrected chi connectivity index (χ3v) is 4.41. The van der Waals surface area contributed by atoms with Crippen LogP contribution in [-0.4, -0.2) is 36.3 Å². The highest BCUT2D eigenvalue weighted by atomic mass is 79.9. The molecule has 6 heteroatoms. The van der Waals surface area contributed by atoms with Gasteiger partial charge < -0.3 is 9.47 Å². The van der Waals surface area contributed by atoms with E-state index in [0.29, 0.717) is 29.7 Å². The highest BCUT2D eigenvalue weighted by Gasteiger charge is 2.38. The molecule has 0 saturated carbocycles. The summed E-state index contributed by atoms with van der Waals surface area (Å²) in [7, 11) is 0. The van der Waals surface area contributed by atoms with E-state index in [1.54, 1.807) is 32.0 Å². The summed E-state index contributed by atoms with van der Waals surface area (Å²) in [6.45, 7) is 4.24. The van der Waals surface area contributed by atoms with E-state index in [1.165, 1.54) is 0 Å². The summed E-state index contributed by atoms with van der Waals surface area (Å²) in [6, 6.07) is 8.92. The molecule has 0 atom stereocenters. The van der Waals surface area contributed by atoms with Crippen LogP contribution in [0.5, 0.6) is 0 Å². The highest BCUT2D eigenvalue weighted by molar-refractivity contribution is 9.10. The van der Waals surface area contributed by atoms with E-state index in [4.69, 9.17) is 9.47 Å². The van der Waals surface area contributed by atoms with Gasteiger partial charge in [-0.1, -0.05) is 28.1 Å². The summed E-state index contributed by atoms with van der Waals surface area (Å²) in [5.74, 6) is -0.809. The smallest absolute Gasteiger partial charge is 0.265 e. The van der Waals surface area contributed by atoms with Gasteiger partial charge in [0.15, 0.2) is 0 Å². The predicted molar refractivity (Wildman–Crippen MR) is 89.2 cm³/mol. The first-order valence-corrected chi connectivity index (χ1v) is 8.21. The molecule has 0 unspecified atom stereocenters. The molecular formula is C17H16BrNO4. The molecule has 2 aromatic rings. The van der Waals surface area contributed by atoms with Gasteiger partial charge in [-0.3, -0.25) is 9.59 Å². The fourth-order valence-electron chi connectivity index (χ4n) is 2.75. The molecule has 0 fully saturated rings. The van der Waals surface area contributed by atoms with Crippen LogP contribution in [0.1, 0.15) is 34.6 Å². The third kappa shape index (κ3) is 2.56. The number of nitrogens with zero attached hydrogens (tertiary/aromatic N) is 1. The van der Waals surface area contributed by atoms with Crippen molar-refractivity contribution in [1.82, 2.24) is 4.90 Å². The van der Waals surface area contributed by atoms with Crippen LogP contribution < -0.4 is 0 Å². The first-order chi connectivity index (χ1) is 11.1. The number of amides is 2. The normalized spacial score (nSPS) is 14.2. The molecule has 1 aliphatic heterocycles. The Balaban J connectivity index is 2.18. The Hall–Kier alpha value is -1.76. The Kier molecular flexibility index (Phi) is 4.48. The number of rotatable bonds is 5. The quantitative estimate of drug-likeness (QED) is 0.590. The van der Waals surface area contributed by atoms with Gasteiger partial charge >= 0.3 is 0 Å². The first kappa shape index (κ1) is 16.1. The lowest BCUT2D eigenvalue weighted by Crippen LogP contribution is -2.49. The van der Waals surface area contributed by atoms with Crippen molar-refractivity contribution in [2.75, 3.05) is 13.2 Å². The molecule has 0 aliphatic carbocycles. The maximum atomic E-state index is 12.8. The van der Waals surface area contributed by atoms with Crippen molar-refractivity contribution < 1.29 is 19.1 Å². The number of carbonyl (C=O) groups excluding carboxylic acids is 2. The van der Waals surface area contributed by atoms with Crippen LogP contribution >= 0.6 is 15.9 Å². The number of halogens is 1. The number of ether oxygens (including phenoxy) is 2. The summed E-state index contributed by atoms with van der Waals surface area (Å²) >= 11 is 3.47. The van der Waals surface area contributed by atoms with Crippen molar-refractivity contribution >= 4 is 38.5 Å². The number of benzene rings is 2. The van der Waals surface area contributed by atoms with E-state index < -0.39 is 18.2 Å². The molecule has 0 saturated heterocycles. The minimum Gasteiger partial charge on any atom is -0.335 e. The van der Waals surface area contributed by atoms with E-state index >= 15 is 0 Å². The fourth-order valence-corrected chi connectivity index (χ4v) is 3.22. The number of hydrogen-bond acceptors (Lipinski definition) is 4. The Morgan fingerprint density at radius 2 is 1.61 bits per heavy atom. The van der Waals surface area contributed by atoms with Gasteiger partial charge in [-0.05, 0) is 37.4 Å². The summed E-state index contributed by atoms with van der Waals surface area (Å²) in [5, 5.41) is 1.51. The van der Waals surface area contributed by atoms with Gasteiger partial charge in [0.25, 0.3) is 11.8 Å². The van der Waals surface area contributed by atoms with E-state index in [1.807, 2.05) is 12.1 Å². The van der Waals surface area contributed by atoms with Crippen LogP contribution in [0.3, 0.4) is 0 Å². The minimum absolute atomic E-state index is 0.332. The Bertz CT molecular complexity index is 761. The second-order valence-corrected chi connectivity index (χ2v) is 5.88. The van der Waals surface area contributed by atoms with Crippen LogP contribution in [-0.2, 0) is 9.47 Å². The molecule has 23 heavy (non-hydrogen) atoms. The molecule has 3 rings (SSSR count). The molecule has 120 valence electrons. The monoisotopic (exact) mass is 377 g/mol.